The predicted octanol–water partition coefficient (Wildman–Crippen LogP) is 7.75. The molecule has 0 atom stereocenters. The number of aryl methyl sites for hydroxylation is 1. The van der Waals surface area contributed by atoms with Gasteiger partial charge in [0.05, 0.1) is 22.3 Å². The zero-order valence-corrected chi connectivity index (χ0v) is 25.8. The zero-order chi connectivity index (χ0) is 30.2. The number of halogens is 2. The van der Waals surface area contributed by atoms with Gasteiger partial charge in [-0.2, -0.15) is 0 Å². The Hall–Kier alpha value is -3.59. The van der Waals surface area contributed by atoms with Gasteiger partial charge in [0.2, 0.25) is 0 Å². The largest absolute Gasteiger partial charge is 0.493 e. The van der Waals surface area contributed by atoms with E-state index in [2.05, 4.69) is 36.4 Å². The lowest BCUT2D eigenvalue weighted by molar-refractivity contribution is 0.0692. The van der Waals surface area contributed by atoms with Gasteiger partial charge in [-0.1, -0.05) is 73.8 Å². The summed E-state index contributed by atoms with van der Waals surface area (Å²) in [7, 11) is 0. The number of ether oxygens (including phenoxy) is 2. The molecule has 0 aliphatic heterocycles. The second kappa shape index (κ2) is 14.5. The molecule has 222 valence electrons. The third-order valence-electron chi connectivity index (χ3n) is 6.86. The van der Waals surface area contributed by atoms with E-state index in [0.717, 1.165) is 46.7 Å². The average Bonchev–Trinajstić information content (AvgIpc) is 3.37. The van der Waals surface area contributed by atoms with E-state index < -0.39 is 5.97 Å². The molecule has 0 fully saturated rings. The number of nitrogens with one attached hydrogen (secondary N) is 1. The van der Waals surface area contributed by atoms with Crippen molar-refractivity contribution in [3.63, 3.8) is 0 Å². The molecule has 3 aromatic carbocycles. The first-order valence-corrected chi connectivity index (χ1v) is 14.8. The number of carboxylic acids is 1. The van der Waals surface area contributed by atoms with E-state index in [1.165, 1.54) is 0 Å². The number of unbranched alkanes of at least 4 members (excludes halogenated alkanes) is 1. The Labute approximate surface area is 256 Å². The Bertz CT molecular complexity index is 1520. The highest BCUT2D eigenvalue weighted by atomic mass is 35.5. The summed E-state index contributed by atoms with van der Waals surface area (Å²) in [5.74, 6) is 0.268. The molecule has 0 bridgehead atoms. The van der Waals surface area contributed by atoms with Crippen LogP contribution in [-0.4, -0.2) is 32.7 Å². The topological polar surface area (TPSA) is 98.5 Å². The molecule has 8 nitrogen and oxygen atoms in total. The summed E-state index contributed by atoms with van der Waals surface area (Å²) in [5.41, 5.74) is 5.52. The minimum Gasteiger partial charge on any atom is -0.493 e. The van der Waals surface area contributed by atoms with Gasteiger partial charge in [-0.25, -0.2) is 9.48 Å². The molecule has 4 aromatic rings. The fourth-order valence-corrected chi connectivity index (χ4v) is 5.07. The Morgan fingerprint density at radius 1 is 1.05 bits per heavy atom. The molecule has 0 aliphatic rings. The van der Waals surface area contributed by atoms with Crippen molar-refractivity contribution < 1.29 is 19.4 Å². The van der Waals surface area contributed by atoms with Gasteiger partial charge in [0.25, 0.3) is 0 Å². The molecule has 2 N–H and O–H groups in total. The summed E-state index contributed by atoms with van der Waals surface area (Å²) in [4.78, 5) is 11.6. The molecular formula is C32H36Cl2N4O4. The lowest BCUT2D eigenvalue weighted by atomic mass is 10.1. The normalized spacial score (nSPS) is 11.2. The lowest BCUT2D eigenvalue weighted by Crippen LogP contribution is -2.14. The fourth-order valence-electron chi connectivity index (χ4n) is 4.52. The molecule has 0 saturated carbocycles. The van der Waals surface area contributed by atoms with Crippen molar-refractivity contribution in [2.45, 2.75) is 66.2 Å². The molecule has 0 amide bonds. The number of aromatic nitrogens is 3. The monoisotopic (exact) mass is 610 g/mol. The number of rotatable bonds is 14. The predicted molar refractivity (Wildman–Crippen MR) is 165 cm³/mol. The molecule has 0 aliphatic carbocycles. The molecule has 4 rings (SSSR count). The van der Waals surface area contributed by atoms with Gasteiger partial charge >= 0.3 is 5.97 Å². The zero-order valence-electron chi connectivity index (χ0n) is 24.3. The quantitative estimate of drug-likeness (QED) is 0.141. The molecule has 0 radical (unpaired) electrons. The van der Waals surface area contributed by atoms with Crippen molar-refractivity contribution >= 4 is 29.2 Å². The van der Waals surface area contributed by atoms with Crippen LogP contribution in [0.25, 0.3) is 5.69 Å². The Kier molecular flexibility index (Phi) is 10.8. The maximum Gasteiger partial charge on any atom is 0.339 e. The van der Waals surface area contributed by atoms with Crippen molar-refractivity contribution in [3.8, 4) is 17.2 Å². The summed E-state index contributed by atoms with van der Waals surface area (Å²) < 4.78 is 13.6. The van der Waals surface area contributed by atoms with Crippen LogP contribution in [0.3, 0.4) is 0 Å². The summed E-state index contributed by atoms with van der Waals surface area (Å²) in [5, 5.41) is 22.6. The number of aromatic carboxylic acids is 1. The van der Waals surface area contributed by atoms with Crippen LogP contribution in [0.1, 0.15) is 78.0 Å². The van der Waals surface area contributed by atoms with Crippen molar-refractivity contribution in [1.29, 1.82) is 0 Å². The summed E-state index contributed by atoms with van der Waals surface area (Å²) in [6.45, 7) is 10.2. The third-order valence-corrected chi connectivity index (χ3v) is 7.47. The van der Waals surface area contributed by atoms with Crippen LogP contribution >= 0.6 is 23.2 Å². The number of hydrogen-bond donors (Lipinski definition) is 2. The summed E-state index contributed by atoms with van der Waals surface area (Å²) in [6, 6.07) is 16.5. The van der Waals surface area contributed by atoms with Crippen LogP contribution in [0.4, 0.5) is 0 Å². The van der Waals surface area contributed by atoms with E-state index in [1.807, 2.05) is 31.2 Å². The van der Waals surface area contributed by atoms with Crippen LogP contribution in [0.5, 0.6) is 11.5 Å². The number of para-hydroxylation sites is 1. The second-order valence-electron chi connectivity index (χ2n) is 10.4. The number of carboxylic acid groups (broad SMARTS) is 1. The maximum absolute atomic E-state index is 11.6. The van der Waals surface area contributed by atoms with E-state index in [9.17, 15) is 9.90 Å². The van der Waals surface area contributed by atoms with Gasteiger partial charge in [0.1, 0.15) is 35.1 Å². The van der Waals surface area contributed by atoms with Gasteiger partial charge in [-0.3, -0.25) is 0 Å². The first kappa shape index (κ1) is 31.3. The highest BCUT2D eigenvalue weighted by Gasteiger charge is 2.21. The second-order valence-corrected chi connectivity index (χ2v) is 11.2. The number of hydrogen-bond acceptors (Lipinski definition) is 6. The van der Waals surface area contributed by atoms with Crippen molar-refractivity contribution in [3.05, 3.63) is 98.3 Å². The van der Waals surface area contributed by atoms with Gasteiger partial charge in [0, 0.05) is 13.1 Å². The van der Waals surface area contributed by atoms with Gasteiger partial charge in [-0.05, 0) is 72.4 Å². The first-order chi connectivity index (χ1) is 20.2. The molecule has 1 heterocycles. The third kappa shape index (κ3) is 7.62. The van der Waals surface area contributed by atoms with Crippen LogP contribution in [0.15, 0.2) is 54.6 Å². The van der Waals surface area contributed by atoms with Crippen molar-refractivity contribution in [2.75, 3.05) is 6.61 Å². The van der Waals surface area contributed by atoms with E-state index in [0.29, 0.717) is 41.2 Å². The number of nitrogens with zero attached hydrogens (tertiary/aromatic N) is 3. The van der Waals surface area contributed by atoms with Crippen LogP contribution in [-0.2, 0) is 19.7 Å². The summed E-state index contributed by atoms with van der Waals surface area (Å²) >= 11 is 12.9. The molecule has 0 unspecified atom stereocenters. The van der Waals surface area contributed by atoms with Crippen molar-refractivity contribution in [2.24, 2.45) is 0 Å². The standard InChI is InChI=1S/C32H36Cl2N4O4/c1-5-6-14-41-29-16-22(10-13-25(29)32(39)40)17-35-18-23-11-12-24(15-21(23)4)42-19-28-30(20(2)3)36-37-38(28)31-26(33)8-7-9-27(31)34/h7-13,15-16,20,35H,5-6,14,17-19H2,1-4H3,(H,39,40). The SMILES string of the molecule is CCCCOc1cc(CNCc2ccc(OCc3c(C(C)C)nnn3-c3c(Cl)cccc3Cl)cc2C)ccc1C(=O)O. The van der Waals surface area contributed by atoms with E-state index in [-0.39, 0.29) is 18.1 Å². The van der Waals surface area contributed by atoms with Crippen LogP contribution in [0.2, 0.25) is 10.0 Å². The minimum atomic E-state index is -0.993. The van der Waals surface area contributed by atoms with E-state index >= 15 is 0 Å². The molecule has 0 saturated heterocycles. The van der Waals surface area contributed by atoms with E-state index in [1.54, 1.807) is 35.0 Å². The molecule has 1 aromatic heterocycles. The molecule has 0 spiro atoms. The highest BCUT2D eigenvalue weighted by Crippen LogP contribution is 2.31. The average molecular weight is 612 g/mol. The first-order valence-electron chi connectivity index (χ1n) is 14.0. The Morgan fingerprint density at radius 2 is 1.81 bits per heavy atom. The fraction of sp³-hybridized carbons (Fsp3) is 0.344. The molecule has 42 heavy (non-hydrogen) atoms. The highest BCUT2D eigenvalue weighted by molar-refractivity contribution is 6.37. The summed E-state index contributed by atoms with van der Waals surface area (Å²) in [6.07, 6.45) is 1.85. The lowest BCUT2D eigenvalue weighted by Gasteiger charge is -2.15. The van der Waals surface area contributed by atoms with Crippen molar-refractivity contribution in [1.82, 2.24) is 20.3 Å². The number of carbonyl (C=O) groups is 1. The molecule has 10 heteroatoms. The van der Waals surface area contributed by atoms with Crippen LogP contribution in [0, 0.1) is 6.92 Å². The maximum atomic E-state index is 11.6. The molecular weight excluding hydrogens is 575 g/mol. The smallest absolute Gasteiger partial charge is 0.339 e. The minimum absolute atomic E-state index is 0.133. The van der Waals surface area contributed by atoms with Gasteiger partial charge < -0.3 is 19.9 Å². The Morgan fingerprint density at radius 3 is 2.48 bits per heavy atom. The van der Waals surface area contributed by atoms with Crippen LogP contribution < -0.4 is 14.8 Å². The van der Waals surface area contributed by atoms with Gasteiger partial charge in [-0.15, -0.1) is 5.10 Å². The van der Waals surface area contributed by atoms with Gasteiger partial charge in [0.15, 0.2) is 0 Å². The Balaban J connectivity index is 1.41. The number of benzene rings is 3. The van der Waals surface area contributed by atoms with E-state index in [4.69, 9.17) is 32.7 Å².